The minimum absolute atomic E-state index is 0.294. The van der Waals surface area contributed by atoms with E-state index >= 15 is 0 Å². The van der Waals surface area contributed by atoms with Gasteiger partial charge in [-0.3, -0.25) is 4.79 Å². The number of allylic oxidation sites excluding steroid dienone is 4. The van der Waals surface area contributed by atoms with Crippen LogP contribution in [0.2, 0.25) is 0 Å². The summed E-state index contributed by atoms with van der Waals surface area (Å²) >= 11 is 0. The third-order valence-corrected chi connectivity index (χ3v) is 5.14. The van der Waals surface area contributed by atoms with E-state index in [0.29, 0.717) is 24.3 Å². The van der Waals surface area contributed by atoms with Crippen LogP contribution in [0.3, 0.4) is 0 Å². The van der Waals surface area contributed by atoms with Gasteiger partial charge in [-0.05, 0) is 44.9 Å². The Kier molecular flexibility index (Phi) is 8.06. The van der Waals surface area contributed by atoms with E-state index in [1.807, 2.05) is 0 Å². The van der Waals surface area contributed by atoms with E-state index in [-0.39, 0.29) is 0 Å². The zero-order valence-electron chi connectivity index (χ0n) is 16.2. The molecule has 0 spiro atoms. The SMILES string of the molecule is CCC#CCC(C)C/C=C/C1CCC(=O)N1CCC1=CC=C(C)CC1. The van der Waals surface area contributed by atoms with Crippen molar-refractivity contribution >= 4 is 5.91 Å². The molecule has 1 aliphatic heterocycles. The number of rotatable bonds is 7. The monoisotopic (exact) mass is 339 g/mol. The zero-order chi connectivity index (χ0) is 18.1. The van der Waals surface area contributed by atoms with Crippen LogP contribution in [-0.4, -0.2) is 23.4 Å². The first-order chi connectivity index (χ1) is 12.1. The molecule has 25 heavy (non-hydrogen) atoms. The second-order valence-corrected chi connectivity index (χ2v) is 7.46. The van der Waals surface area contributed by atoms with E-state index in [0.717, 1.165) is 45.1 Å². The van der Waals surface area contributed by atoms with Gasteiger partial charge >= 0.3 is 0 Å². The minimum Gasteiger partial charge on any atom is -0.336 e. The quantitative estimate of drug-likeness (QED) is 0.448. The summed E-state index contributed by atoms with van der Waals surface area (Å²) in [6.45, 7) is 7.39. The first kappa shape index (κ1) is 19.6. The predicted molar refractivity (Wildman–Crippen MR) is 106 cm³/mol. The summed E-state index contributed by atoms with van der Waals surface area (Å²) < 4.78 is 0. The smallest absolute Gasteiger partial charge is 0.223 e. The van der Waals surface area contributed by atoms with Crippen molar-refractivity contribution < 1.29 is 4.79 Å². The molecule has 0 aromatic carbocycles. The first-order valence-corrected chi connectivity index (χ1v) is 9.87. The Hall–Kier alpha value is -1.75. The number of carbonyl (C=O) groups excluding carboxylic acids is 1. The third-order valence-electron chi connectivity index (χ3n) is 5.14. The maximum Gasteiger partial charge on any atom is 0.223 e. The van der Waals surface area contributed by atoms with Gasteiger partial charge in [-0.15, -0.1) is 11.8 Å². The minimum atomic E-state index is 0.294. The van der Waals surface area contributed by atoms with Crippen LogP contribution in [-0.2, 0) is 4.79 Å². The highest BCUT2D eigenvalue weighted by Gasteiger charge is 2.28. The predicted octanol–water partition coefficient (Wildman–Crippen LogP) is 5.42. The highest BCUT2D eigenvalue weighted by molar-refractivity contribution is 5.79. The van der Waals surface area contributed by atoms with Crippen molar-refractivity contribution in [3.63, 3.8) is 0 Å². The van der Waals surface area contributed by atoms with Gasteiger partial charge in [0.25, 0.3) is 0 Å². The molecule has 0 N–H and O–H groups in total. The van der Waals surface area contributed by atoms with E-state index < -0.39 is 0 Å². The zero-order valence-corrected chi connectivity index (χ0v) is 16.2. The average Bonchev–Trinajstić information content (AvgIpc) is 2.95. The molecule has 2 nitrogen and oxygen atoms in total. The van der Waals surface area contributed by atoms with Gasteiger partial charge in [0.15, 0.2) is 0 Å². The lowest BCUT2D eigenvalue weighted by Gasteiger charge is -2.24. The van der Waals surface area contributed by atoms with Crippen molar-refractivity contribution in [2.75, 3.05) is 6.54 Å². The van der Waals surface area contributed by atoms with E-state index in [4.69, 9.17) is 0 Å². The fourth-order valence-corrected chi connectivity index (χ4v) is 3.43. The molecule has 2 atom stereocenters. The molecule has 1 saturated heterocycles. The maximum atomic E-state index is 12.2. The van der Waals surface area contributed by atoms with Gasteiger partial charge < -0.3 is 4.90 Å². The molecule has 1 fully saturated rings. The Morgan fingerprint density at radius 3 is 2.84 bits per heavy atom. The third kappa shape index (κ3) is 6.58. The summed E-state index contributed by atoms with van der Waals surface area (Å²) in [5.41, 5.74) is 2.94. The Labute approximate surface area is 154 Å². The van der Waals surface area contributed by atoms with Crippen LogP contribution in [0.5, 0.6) is 0 Å². The van der Waals surface area contributed by atoms with Gasteiger partial charge in [-0.2, -0.15) is 0 Å². The van der Waals surface area contributed by atoms with Gasteiger partial charge in [-0.25, -0.2) is 0 Å². The van der Waals surface area contributed by atoms with Crippen LogP contribution < -0.4 is 0 Å². The number of likely N-dealkylation sites (tertiary alicyclic amines) is 1. The molecule has 0 aromatic rings. The molecule has 136 valence electrons. The molecule has 1 amide bonds. The van der Waals surface area contributed by atoms with E-state index in [2.05, 4.69) is 61.8 Å². The number of hydrogen-bond donors (Lipinski definition) is 0. The molecule has 2 unspecified atom stereocenters. The molecule has 0 saturated carbocycles. The van der Waals surface area contributed by atoms with Gasteiger partial charge in [0.2, 0.25) is 5.91 Å². The Balaban J connectivity index is 1.81. The van der Waals surface area contributed by atoms with Gasteiger partial charge in [0, 0.05) is 25.8 Å². The average molecular weight is 340 g/mol. The Bertz CT molecular complexity index is 599. The summed E-state index contributed by atoms with van der Waals surface area (Å²) in [5, 5.41) is 0. The van der Waals surface area contributed by atoms with Crippen molar-refractivity contribution in [1.29, 1.82) is 0 Å². The molecular formula is C23H33NO. The fourth-order valence-electron chi connectivity index (χ4n) is 3.43. The first-order valence-electron chi connectivity index (χ1n) is 9.87. The van der Waals surface area contributed by atoms with Crippen molar-refractivity contribution in [3.8, 4) is 11.8 Å². The number of amides is 1. The summed E-state index contributed by atoms with van der Waals surface area (Å²) in [6.07, 6.45) is 17.0. The topological polar surface area (TPSA) is 20.3 Å². The van der Waals surface area contributed by atoms with Crippen molar-refractivity contribution in [3.05, 3.63) is 35.5 Å². The largest absolute Gasteiger partial charge is 0.336 e. The van der Waals surface area contributed by atoms with Crippen LogP contribution in [0.1, 0.15) is 72.1 Å². The highest BCUT2D eigenvalue weighted by atomic mass is 16.2. The summed E-state index contributed by atoms with van der Waals surface area (Å²) in [5.74, 6) is 7.27. The highest BCUT2D eigenvalue weighted by Crippen LogP contribution is 2.25. The molecule has 2 aliphatic rings. The molecule has 0 aromatic heterocycles. The van der Waals surface area contributed by atoms with Crippen LogP contribution in [0, 0.1) is 17.8 Å². The van der Waals surface area contributed by atoms with Crippen LogP contribution >= 0.6 is 0 Å². The molecule has 1 aliphatic carbocycles. The lowest BCUT2D eigenvalue weighted by Crippen LogP contribution is -2.32. The second kappa shape index (κ2) is 10.3. The van der Waals surface area contributed by atoms with Gasteiger partial charge in [-0.1, -0.05) is 49.3 Å². The van der Waals surface area contributed by atoms with Crippen LogP contribution in [0.25, 0.3) is 0 Å². The lowest BCUT2D eigenvalue weighted by atomic mass is 9.97. The summed E-state index contributed by atoms with van der Waals surface area (Å²) in [7, 11) is 0. The standard InChI is InChI=1S/C23H33NO/c1-4-5-6-8-19(2)9-7-10-22-15-16-23(25)24(22)18-17-21-13-11-20(3)12-14-21/h7,10-11,13,19,22H,4,8-9,12,14-18H2,1-3H3/b10-7+. The Morgan fingerprint density at radius 1 is 1.28 bits per heavy atom. The maximum absolute atomic E-state index is 12.2. The molecule has 0 radical (unpaired) electrons. The lowest BCUT2D eigenvalue weighted by molar-refractivity contribution is -0.128. The van der Waals surface area contributed by atoms with E-state index in [1.54, 1.807) is 0 Å². The normalized spacial score (nSPS) is 21.8. The molecule has 0 bridgehead atoms. The summed E-state index contributed by atoms with van der Waals surface area (Å²) in [4.78, 5) is 14.3. The summed E-state index contributed by atoms with van der Waals surface area (Å²) in [6, 6.07) is 0.294. The molecule has 2 heteroatoms. The number of nitrogens with zero attached hydrogens (tertiary/aromatic N) is 1. The van der Waals surface area contributed by atoms with Crippen molar-refractivity contribution in [2.45, 2.75) is 78.2 Å². The molecule has 2 rings (SSSR count). The van der Waals surface area contributed by atoms with E-state index in [1.165, 1.54) is 17.6 Å². The molecule has 1 heterocycles. The van der Waals surface area contributed by atoms with Crippen molar-refractivity contribution in [2.24, 2.45) is 5.92 Å². The number of hydrogen-bond acceptors (Lipinski definition) is 1. The van der Waals surface area contributed by atoms with Crippen LogP contribution in [0.15, 0.2) is 35.5 Å². The van der Waals surface area contributed by atoms with Crippen molar-refractivity contribution in [1.82, 2.24) is 4.90 Å². The Morgan fingerprint density at radius 2 is 2.12 bits per heavy atom. The fraction of sp³-hybridized carbons (Fsp3) is 0.609. The van der Waals surface area contributed by atoms with Gasteiger partial charge in [0.05, 0.1) is 6.04 Å². The second-order valence-electron chi connectivity index (χ2n) is 7.46. The van der Waals surface area contributed by atoms with Crippen LogP contribution in [0.4, 0.5) is 0 Å². The number of carbonyl (C=O) groups is 1. The van der Waals surface area contributed by atoms with E-state index in [9.17, 15) is 4.79 Å². The van der Waals surface area contributed by atoms with Gasteiger partial charge in [0.1, 0.15) is 0 Å². The molecular weight excluding hydrogens is 306 g/mol.